The second-order valence-corrected chi connectivity index (χ2v) is 6.82. The molecule has 0 unspecified atom stereocenters. The van der Waals surface area contributed by atoms with Crippen LogP contribution in [-0.2, 0) is 4.79 Å². The van der Waals surface area contributed by atoms with Crippen LogP contribution in [0.2, 0.25) is 10.0 Å². The molecule has 0 aliphatic heterocycles. The summed E-state index contributed by atoms with van der Waals surface area (Å²) in [6.07, 6.45) is 1.88. The van der Waals surface area contributed by atoms with Crippen LogP contribution in [-0.4, -0.2) is 20.5 Å². The summed E-state index contributed by atoms with van der Waals surface area (Å²) in [5, 5.41) is 10.2. The van der Waals surface area contributed by atoms with Gasteiger partial charge in [0.1, 0.15) is 0 Å². The van der Waals surface area contributed by atoms with Gasteiger partial charge >= 0.3 is 0 Å². The Kier molecular flexibility index (Phi) is 3.32. The van der Waals surface area contributed by atoms with E-state index in [1.165, 1.54) is 11.3 Å². The van der Waals surface area contributed by atoms with Crippen molar-refractivity contribution in [3.63, 3.8) is 0 Å². The van der Waals surface area contributed by atoms with Crippen LogP contribution in [0.3, 0.4) is 0 Å². The normalized spacial score (nSPS) is 14.5. The van der Waals surface area contributed by atoms with Crippen LogP contribution >= 0.6 is 34.5 Å². The molecule has 1 saturated carbocycles. The average molecular weight is 353 g/mol. The number of thiazole rings is 1. The minimum absolute atomic E-state index is 0.0133. The van der Waals surface area contributed by atoms with Crippen LogP contribution in [0.5, 0.6) is 0 Å². The molecule has 0 spiro atoms. The summed E-state index contributed by atoms with van der Waals surface area (Å²) in [7, 11) is 0. The summed E-state index contributed by atoms with van der Waals surface area (Å²) in [6, 6.07) is 5.27. The molecule has 0 saturated heterocycles. The fourth-order valence-electron chi connectivity index (χ4n) is 2.17. The van der Waals surface area contributed by atoms with Gasteiger partial charge in [-0.15, -0.1) is 16.4 Å². The number of hydrogen-bond acceptors (Lipinski definition) is 4. The van der Waals surface area contributed by atoms with Crippen molar-refractivity contribution in [3.8, 4) is 11.3 Å². The molecule has 1 aliphatic rings. The van der Waals surface area contributed by atoms with E-state index in [1.807, 2.05) is 5.38 Å². The molecule has 1 amide bonds. The second kappa shape index (κ2) is 5.22. The molecule has 0 atom stereocenters. The zero-order valence-corrected chi connectivity index (χ0v) is 13.5. The van der Waals surface area contributed by atoms with Crippen LogP contribution in [0.4, 0.5) is 5.95 Å². The lowest BCUT2D eigenvalue weighted by atomic mass is 10.2. The standard InChI is InChI=1S/C14H10Cl2N4OS/c15-8-3-4-10(16)9(5-8)11-6-22-14-18-13(19-20(11)14)17-12(21)7-1-2-7/h3-7H,1-2H2,(H,17,19,21). The lowest BCUT2D eigenvalue weighted by molar-refractivity contribution is -0.117. The van der Waals surface area contributed by atoms with Crippen molar-refractivity contribution in [2.24, 2.45) is 5.92 Å². The van der Waals surface area contributed by atoms with E-state index in [9.17, 15) is 4.79 Å². The molecule has 5 nitrogen and oxygen atoms in total. The highest BCUT2D eigenvalue weighted by atomic mass is 35.5. The van der Waals surface area contributed by atoms with E-state index >= 15 is 0 Å². The third-order valence-corrected chi connectivity index (χ3v) is 4.85. The first-order valence-electron chi connectivity index (χ1n) is 6.72. The Morgan fingerprint density at radius 2 is 2.18 bits per heavy atom. The molecule has 112 valence electrons. The Morgan fingerprint density at radius 1 is 1.36 bits per heavy atom. The predicted molar refractivity (Wildman–Crippen MR) is 87.7 cm³/mol. The zero-order chi connectivity index (χ0) is 15.3. The number of nitrogens with zero attached hydrogens (tertiary/aromatic N) is 3. The average Bonchev–Trinajstić information content (AvgIpc) is 3.16. The highest BCUT2D eigenvalue weighted by Gasteiger charge is 2.30. The molecule has 1 aromatic carbocycles. The second-order valence-electron chi connectivity index (χ2n) is 5.14. The van der Waals surface area contributed by atoms with Crippen LogP contribution in [0.25, 0.3) is 16.2 Å². The minimum Gasteiger partial charge on any atom is -0.293 e. The van der Waals surface area contributed by atoms with Crippen molar-refractivity contribution in [3.05, 3.63) is 33.6 Å². The van der Waals surface area contributed by atoms with E-state index in [1.54, 1.807) is 22.7 Å². The van der Waals surface area contributed by atoms with Gasteiger partial charge in [0.05, 0.1) is 10.7 Å². The molecule has 1 aliphatic carbocycles. The summed E-state index contributed by atoms with van der Waals surface area (Å²) in [5.41, 5.74) is 1.58. The van der Waals surface area contributed by atoms with E-state index in [4.69, 9.17) is 23.2 Å². The number of fused-ring (bicyclic) bond motifs is 1. The van der Waals surface area contributed by atoms with Gasteiger partial charge in [-0.25, -0.2) is 4.52 Å². The maximum atomic E-state index is 11.8. The van der Waals surface area contributed by atoms with Gasteiger partial charge in [-0.05, 0) is 31.0 Å². The first kappa shape index (κ1) is 14.0. The van der Waals surface area contributed by atoms with Gasteiger partial charge in [0, 0.05) is 21.9 Å². The molecule has 0 bridgehead atoms. The number of nitrogens with one attached hydrogen (secondary N) is 1. The van der Waals surface area contributed by atoms with Crippen LogP contribution in [0.15, 0.2) is 23.6 Å². The molecular weight excluding hydrogens is 343 g/mol. The Bertz CT molecular complexity index is 884. The first-order valence-corrected chi connectivity index (χ1v) is 8.36. The van der Waals surface area contributed by atoms with E-state index < -0.39 is 0 Å². The Balaban J connectivity index is 1.74. The van der Waals surface area contributed by atoms with Gasteiger partial charge < -0.3 is 0 Å². The molecule has 4 rings (SSSR count). The number of amides is 1. The maximum Gasteiger partial charge on any atom is 0.250 e. The van der Waals surface area contributed by atoms with E-state index in [-0.39, 0.29) is 11.8 Å². The molecule has 1 fully saturated rings. The number of aromatic nitrogens is 3. The molecule has 2 heterocycles. The van der Waals surface area contributed by atoms with Crippen LogP contribution < -0.4 is 5.32 Å². The molecule has 8 heteroatoms. The zero-order valence-electron chi connectivity index (χ0n) is 11.2. The molecule has 0 radical (unpaired) electrons. The predicted octanol–water partition coefficient (Wildman–Crippen LogP) is 4.11. The van der Waals surface area contributed by atoms with Gasteiger partial charge in [-0.3, -0.25) is 10.1 Å². The van der Waals surface area contributed by atoms with Gasteiger partial charge in [-0.2, -0.15) is 4.98 Å². The highest BCUT2D eigenvalue weighted by Crippen LogP contribution is 2.34. The molecule has 22 heavy (non-hydrogen) atoms. The lowest BCUT2D eigenvalue weighted by Gasteiger charge is -2.03. The summed E-state index contributed by atoms with van der Waals surface area (Å²) in [5.74, 6) is 0.423. The number of halogens is 2. The van der Waals surface area contributed by atoms with Crippen molar-refractivity contribution < 1.29 is 4.79 Å². The first-order chi connectivity index (χ1) is 10.6. The SMILES string of the molecule is O=C(Nc1nc2scc(-c3cc(Cl)ccc3Cl)n2n1)C1CC1. The van der Waals surface area contributed by atoms with Gasteiger partial charge in [0.25, 0.3) is 0 Å². The minimum atomic E-state index is -0.0133. The fourth-order valence-corrected chi connectivity index (χ4v) is 3.38. The lowest BCUT2D eigenvalue weighted by Crippen LogP contribution is -2.14. The number of hydrogen-bond donors (Lipinski definition) is 1. The van der Waals surface area contributed by atoms with Crippen molar-refractivity contribution in [2.75, 3.05) is 5.32 Å². The largest absolute Gasteiger partial charge is 0.293 e. The number of benzene rings is 1. The number of rotatable bonds is 3. The molecule has 1 N–H and O–H groups in total. The Morgan fingerprint density at radius 3 is 2.95 bits per heavy atom. The van der Waals surface area contributed by atoms with Crippen LogP contribution in [0.1, 0.15) is 12.8 Å². The summed E-state index contributed by atoms with van der Waals surface area (Å²) in [6.45, 7) is 0. The summed E-state index contributed by atoms with van der Waals surface area (Å²) < 4.78 is 1.67. The van der Waals surface area contributed by atoms with Crippen molar-refractivity contribution in [2.45, 2.75) is 12.8 Å². The molecule has 2 aromatic heterocycles. The smallest absolute Gasteiger partial charge is 0.250 e. The number of anilines is 1. The topological polar surface area (TPSA) is 59.3 Å². The van der Waals surface area contributed by atoms with E-state index in [2.05, 4.69) is 15.4 Å². The van der Waals surface area contributed by atoms with Crippen molar-refractivity contribution in [1.29, 1.82) is 0 Å². The van der Waals surface area contributed by atoms with Gasteiger partial charge in [0.2, 0.25) is 16.8 Å². The van der Waals surface area contributed by atoms with Crippen molar-refractivity contribution >= 4 is 51.4 Å². The molecule has 3 aromatic rings. The van der Waals surface area contributed by atoms with E-state index in [0.29, 0.717) is 21.0 Å². The maximum absolute atomic E-state index is 11.8. The van der Waals surface area contributed by atoms with Crippen molar-refractivity contribution in [1.82, 2.24) is 14.6 Å². The van der Waals surface area contributed by atoms with Gasteiger partial charge in [-0.1, -0.05) is 23.2 Å². The molecular formula is C14H10Cl2N4OS. The third kappa shape index (κ3) is 2.47. The van der Waals surface area contributed by atoms with Crippen LogP contribution in [0, 0.1) is 5.92 Å². The van der Waals surface area contributed by atoms with Gasteiger partial charge in [0.15, 0.2) is 0 Å². The summed E-state index contributed by atoms with van der Waals surface area (Å²) >= 11 is 13.7. The Hall–Kier alpha value is -1.63. The fraction of sp³-hybridized carbons (Fsp3) is 0.214. The monoisotopic (exact) mass is 352 g/mol. The summed E-state index contributed by atoms with van der Waals surface area (Å²) in [4.78, 5) is 16.8. The number of carbonyl (C=O) groups excluding carboxylic acids is 1. The quantitative estimate of drug-likeness (QED) is 0.771. The highest BCUT2D eigenvalue weighted by molar-refractivity contribution is 7.15. The number of carbonyl (C=O) groups is 1. The van der Waals surface area contributed by atoms with E-state index in [0.717, 1.165) is 24.1 Å². The third-order valence-electron chi connectivity index (χ3n) is 3.47. The Labute approximate surface area is 139 Å².